The Bertz CT molecular complexity index is 636. The van der Waals surface area contributed by atoms with Crippen LogP contribution in [0.4, 0.5) is 0 Å². The van der Waals surface area contributed by atoms with Gasteiger partial charge in [0.1, 0.15) is 18.4 Å². The molecule has 122 valence electrons. The summed E-state index contributed by atoms with van der Waals surface area (Å²) in [5, 5.41) is 3.10. The summed E-state index contributed by atoms with van der Waals surface area (Å²) in [7, 11) is 1.36. The molecule has 0 amide bonds. The molecule has 0 aromatic heterocycles. The summed E-state index contributed by atoms with van der Waals surface area (Å²) in [6.07, 6.45) is 1.58. The van der Waals surface area contributed by atoms with E-state index in [0.717, 1.165) is 24.2 Å². The highest BCUT2D eigenvalue weighted by atomic mass is 16.5. The molecule has 23 heavy (non-hydrogen) atoms. The summed E-state index contributed by atoms with van der Waals surface area (Å²) in [5.41, 5.74) is 7.09. The van der Waals surface area contributed by atoms with Gasteiger partial charge in [-0.15, -0.1) is 5.92 Å². The van der Waals surface area contributed by atoms with E-state index in [-0.39, 0.29) is 5.97 Å². The zero-order chi connectivity index (χ0) is 16.9. The van der Waals surface area contributed by atoms with Gasteiger partial charge in [0.2, 0.25) is 0 Å². The van der Waals surface area contributed by atoms with Crippen LogP contribution in [0.1, 0.15) is 25.3 Å². The Balaban J connectivity index is 2.01. The molecule has 0 bridgehead atoms. The van der Waals surface area contributed by atoms with Gasteiger partial charge in [0.05, 0.1) is 7.11 Å². The van der Waals surface area contributed by atoms with E-state index >= 15 is 0 Å². The third kappa shape index (κ3) is 4.27. The smallest absolute Gasteiger partial charge is 0.330 e. The lowest BCUT2D eigenvalue weighted by Gasteiger charge is -2.24. The van der Waals surface area contributed by atoms with Crippen molar-refractivity contribution in [3.8, 4) is 17.6 Å². The minimum atomic E-state index is -0.587. The molecule has 5 nitrogen and oxygen atoms in total. The first-order valence-electron chi connectivity index (χ1n) is 7.45. The van der Waals surface area contributed by atoms with Crippen LogP contribution in [0.25, 0.3) is 5.70 Å². The van der Waals surface area contributed by atoms with Gasteiger partial charge >= 0.3 is 5.97 Å². The second kappa shape index (κ2) is 7.21. The van der Waals surface area contributed by atoms with Crippen LogP contribution in [0.5, 0.6) is 5.75 Å². The average molecular weight is 314 g/mol. The molecular formula is C18H22N2O3. The number of hydrogen-bond donors (Lipinski definition) is 2. The summed E-state index contributed by atoms with van der Waals surface area (Å²) >= 11 is 0. The zero-order valence-electron chi connectivity index (χ0n) is 13.5. The second-order valence-corrected chi connectivity index (χ2v) is 5.55. The molecule has 5 heteroatoms. The van der Waals surface area contributed by atoms with E-state index in [4.69, 9.17) is 15.2 Å². The normalized spacial score (nSPS) is 15.6. The monoisotopic (exact) mass is 314 g/mol. The van der Waals surface area contributed by atoms with Gasteiger partial charge in [0, 0.05) is 11.2 Å². The highest BCUT2D eigenvalue weighted by Crippen LogP contribution is 2.37. The summed E-state index contributed by atoms with van der Waals surface area (Å²) in [5.74, 6) is 5.96. The number of carbonyl (C=O) groups is 1. The predicted molar refractivity (Wildman–Crippen MR) is 89.5 cm³/mol. The molecule has 0 radical (unpaired) electrons. The molecular weight excluding hydrogens is 292 g/mol. The molecule has 0 heterocycles. The van der Waals surface area contributed by atoms with Crippen LogP contribution in [0, 0.1) is 11.8 Å². The molecule has 1 fully saturated rings. The fourth-order valence-corrected chi connectivity index (χ4v) is 2.19. The highest BCUT2D eigenvalue weighted by molar-refractivity contribution is 5.81. The van der Waals surface area contributed by atoms with Crippen LogP contribution >= 0.6 is 0 Å². The third-order valence-corrected chi connectivity index (χ3v) is 3.85. The largest absolute Gasteiger partial charge is 0.481 e. The first kappa shape index (κ1) is 16.9. The van der Waals surface area contributed by atoms with Gasteiger partial charge in [-0.2, -0.15) is 0 Å². The van der Waals surface area contributed by atoms with Crippen molar-refractivity contribution in [2.75, 3.05) is 13.7 Å². The Morgan fingerprint density at radius 1 is 1.43 bits per heavy atom. The molecule has 1 aromatic rings. The van der Waals surface area contributed by atoms with Gasteiger partial charge in [-0.25, -0.2) is 4.79 Å². The fourth-order valence-electron chi connectivity index (χ4n) is 2.19. The van der Waals surface area contributed by atoms with Crippen molar-refractivity contribution >= 4 is 11.7 Å². The molecule has 1 aliphatic rings. The minimum Gasteiger partial charge on any atom is -0.481 e. The molecule has 1 atom stereocenters. The van der Waals surface area contributed by atoms with Crippen LogP contribution in [-0.2, 0) is 9.53 Å². The van der Waals surface area contributed by atoms with Crippen LogP contribution in [0.3, 0.4) is 0 Å². The molecule has 0 aliphatic heterocycles. The molecule has 1 unspecified atom stereocenters. The maximum Gasteiger partial charge on any atom is 0.330 e. The quantitative estimate of drug-likeness (QED) is 0.592. The lowest BCUT2D eigenvalue weighted by molar-refractivity contribution is -0.143. The standard InChI is InChI=1S/C18H22N2O3/c1-4-5-12-23-15-8-6-14(7-9-15)13(2)20-16(17(21)22-3)18(19)10-11-18/h6-9,16,20H,2,10-12,19H2,1,3H3. The summed E-state index contributed by atoms with van der Waals surface area (Å²) < 4.78 is 10.3. The van der Waals surface area contributed by atoms with E-state index in [0.29, 0.717) is 12.3 Å². The van der Waals surface area contributed by atoms with Crippen molar-refractivity contribution in [1.29, 1.82) is 0 Å². The number of hydrogen-bond acceptors (Lipinski definition) is 5. The van der Waals surface area contributed by atoms with Gasteiger partial charge in [0.25, 0.3) is 0 Å². The van der Waals surface area contributed by atoms with Crippen molar-refractivity contribution in [2.24, 2.45) is 5.73 Å². The van der Waals surface area contributed by atoms with E-state index in [1.807, 2.05) is 24.3 Å². The summed E-state index contributed by atoms with van der Waals surface area (Å²) in [6, 6.07) is 6.82. The zero-order valence-corrected chi connectivity index (χ0v) is 13.5. The molecule has 1 aromatic carbocycles. The van der Waals surface area contributed by atoms with Crippen molar-refractivity contribution in [2.45, 2.75) is 31.3 Å². The lowest BCUT2D eigenvalue weighted by atomic mass is 10.1. The van der Waals surface area contributed by atoms with Crippen LogP contribution in [0.15, 0.2) is 30.8 Å². The molecule has 1 saturated carbocycles. The number of carbonyl (C=O) groups excluding carboxylic acids is 1. The van der Waals surface area contributed by atoms with Gasteiger partial charge in [0.15, 0.2) is 0 Å². The van der Waals surface area contributed by atoms with E-state index in [2.05, 4.69) is 23.7 Å². The maximum absolute atomic E-state index is 11.9. The summed E-state index contributed by atoms with van der Waals surface area (Å²) in [6.45, 7) is 6.11. The number of rotatable bonds is 7. The number of methoxy groups -OCH3 is 1. The number of nitrogens with one attached hydrogen (secondary N) is 1. The SMILES string of the molecule is C=C(NC(C(=O)OC)C1(N)CC1)c1ccc(OCC#CC)cc1. The average Bonchev–Trinajstić information content (AvgIpc) is 3.31. The van der Waals surface area contributed by atoms with Crippen LogP contribution in [-0.4, -0.2) is 31.3 Å². The first-order chi connectivity index (χ1) is 11.0. The Hall–Kier alpha value is -2.45. The minimum absolute atomic E-state index is 0.356. The number of benzene rings is 1. The lowest BCUT2D eigenvalue weighted by Crippen LogP contribution is -2.52. The van der Waals surface area contributed by atoms with Gasteiger partial charge in [-0.05, 0) is 49.6 Å². The van der Waals surface area contributed by atoms with Gasteiger partial charge in [-0.3, -0.25) is 0 Å². The second-order valence-electron chi connectivity index (χ2n) is 5.55. The van der Waals surface area contributed by atoms with Crippen LogP contribution < -0.4 is 15.8 Å². The van der Waals surface area contributed by atoms with Crippen LogP contribution in [0.2, 0.25) is 0 Å². The van der Waals surface area contributed by atoms with Crippen molar-refractivity contribution in [1.82, 2.24) is 5.32 Å². The van der Waals surface area contributed by atoms with E-state index in [9.17, 15) is 4.79 Å². The topological polar surface area (TPSA) is 73.6 Å². The van der Waals surface area contributed by atoms with E-state index in [1.54, 1.807) is 6.92 Å². The van der Waals surface area contributed by atoms with E-state index in [1.165, 1.54) is 7.11 Å². The molecule has 3 N–H and O–H groups in total. The van der Waals surface area contributed by atoms with Crippen molar-refractivity contribution in [3.63, 3.8) is 0 Å². The highest BCUT2D eigenvalue weighted by Gasteiger charge is 2.50. The number of esters is 1. The summed E-state index contributed by atoms with van der Waals surface area (Å²) in [4.78, 5) is 11.9. The van der Waals surface area contributed by atoms with Crippen molar-refractivity contribution < 1.29 is 14.3 Å². The Labute approximate surface area is 136 Å². The van der Waals surface area contributed by atoms with Gasteiger partial charge < -0.3 is 20.5 Å². The fraction of sp³-hybridized carbons (Fsp3) is 0.389. The number of ether oxygens (including phenoxy) is 2. The van der Waals surface area contributed by atoms with Crippen molar-refractivity contribution in [3.05, 3.63) is 36.4 Å². The first-order valence-corrected chi connectivity index (χ1v) is 7.45. The Morgan fingerprint density at radius 2 is 2.09 bits per heavy atom. The number of nitrogens with two attached hydrogens (primary N) is 1. The van der Waals surface area contributed by atoms with E-state index < -0.39 is 11.6 Å². The molecule has 2 rings (SSSR count). The van der Waals surface area contributed by atoms with Gasteiger partial charge in [-0.1, -0.05) is 12.5 Å². The third-order valence-electron chi connectivity index (χ3n) is 3.85. The Morgan fingerprint density at radius 3 is 2.61 bits per heavy atom. The predicted octanol–water partition coefficient (Wildman–Crippen LogP) is 1.68. The molecule has 1 aliphatic carbocycles. The maximum atomic E-state index is 11.9. The molecule has 0 saturated heterocycles. The Kier molecular flexibility index (Phi) is 5.30. The molecule has 0 spiro atoms.